The smallest absolute Gasteiger partial charge is 0.323 e. The first-order valence-electron chi connectivity index (χ1n) is 5.80. The minimum atomic E-state index is -0.381. The van der Waals surface area contributed by atoms with Crippen molar-refractivity contribution in [1.82, 2.24) is 4.90 Å². The first-order valence-corrected chi connectivity index (χ1v) is 5.80. The number of ether oxygens (including phenoxy) is 1. The van der Waals surface area contributed by atoms with E-state index in [1.54, 1.807) is 0 Å². The fourth-order valence-corrected chi connectivity index (χ4v) is 2.05. The lowest BCUT2D eigenvalue weighted by Crippen LogP contribution is -2.44. The molecule has 0 spiro atoms. The molecule has 1 saturated heterocycles. The van der Waals surface area contributed by atoms with Gasteiger partial charge >= 0.3 is 5.97 Å². The number of carbonyl (C=O) groups is 1. The molecule has 2 atom stereocenters. The van der Waals surface area contributed by atoms with E-state index in [4.69, 9.17) is 4.74 Å². The maximum Gasteiger partial charge on any atom is 0.323 e. The van der Waals surface area contributed by atoms with Crippen LogP contribution in [-0.2, 0) is 9.53 Å². The Morgan fingerprint density at radius 3 is 2.47 bits per heavy atom. The van der Waals surface area contributed by atoms with E-state index in [2.05, 4.69) is 11.8 Å². The highest BCUT2D eigenvalue weighted by molar-refractivity contribution is 5.75. The summed E-state index contributed by atoms with van der Waals surface area (Å²) >= 11 is 0. The quantitative estimate of drug-likeness (QED) is 0.659. The zero-order valence-electron chi connectivity index (χ0n) is 10.5. The van der Waals surface area contributed by atoms with Crippen molar-refractivity contribution in [3.63, 3.8) is 0 Å². The van der Waals surface area contributed by atoms with Crippen molar-refractivity contribution in [2.45, 2.75) is 65.1 Å². The van der Waals surface area contributed by atoms with Gasteiger partial charge in [-0.2, -0.15) is 0 Å². The predicted molar refractivity (Wildman–Crippen MR) is 60.7 cm³/mol. The molecule has 0 aliphatic carbocycles. The monoisotopic (exact) mass is 213 g/mol. The number of esters is 1. The van der Waals surface area contributed by atoms with Gasteiger partial charge in [-0.3, -0.25) is 9.69 Å². The summed E-state index contributed by atoms with van der Waals surface area (Å²) in [4.78, 5) is 14.1. The van der Waals surface area contributed by atoms with Crippen LogP contribution in [0.25, 0.3) is 0 Å². The van der Waals surface area contributed by atoms with Gasteiger partial charge in [0.15, 0.2) is 0 Å². The Bertz CT molecular complexity index is 232. The fourth-order valence-electron chi connectivity index (χ4n) is 2.05. The topological polar surface area (TPSA) is 29.5 Å². The Hall–Kier alpha value is -0.570. The first kappa shape index (κ1) is 12.5. The average Bonchev–Trinajstić information content (AvgIpc) is 2.47. The van der Waals surface area contributed by atoms with Gasteiger partial charge in [0.25, 0.3) is 0 Å². The molecule has 88 valence electrons. The van der Waals surface area contributed by atoms with Crippen LogP contribution in [-0.4, -0.2) is 35.1 Å². The Balaban J connectivity index is 2.52. The van der Waals surface area contributed by atoms with E-state index in [-0.39, 0.29) is 17.6 Å². The van der Waals surface area contributed by atoms with E-state index in [1.165, 1.54) is 12.8 Å². The molecule has 3 heteroatoms. The van der Waals surface area contributed by atoms with Crippen molar-refractivity contribution < 1.29 is 9.53 Å². The number of carbonyl (C=O) groups excluding carboxylic acids is 1. The van der Waals surface area contributed by atoms with Crippen molar-refractivity contribution in [3.05, 3.63) is 0 Å². The number of rotatable bonds is 2. The third-order valence-electron chi connectivity index (χ3n) is 2.85. The van der Waals surface area contributed by atoms with Gasteiger partial charge in [-0.1, -0.05) is 0 Å². The van der Waals surface area contributed by atoms with Crippen molar-refractivity contribution in [1.29, 1.82) is 0 Å². The second kappa shape index (κ2) is 4.52. The molecule has 3 nitrogen and oxygen atoms in total. The third kappa shape index (κ3) is 3.49. The molecule has 0 bridgehead atoms. The highest BCUT2D eigenvalue weighted by Crippen LogP contribution is 2.21. The minimum absolute atomic E-state index is 0.101. The molecule has 1 aliphatic rings. The predicted octanol–water partition coefficient (Wildman–Crippen LogP) is 2.20. The highest BCUT2D eigenvalue weighted by Gasteiger charge is 2.31. The molecule has 0 amide bonds. The van der Waals surface area contributed by atoms with Crippen LogP contribution in [0.1, 0.15) is 47.5 Å². The largest absolute Gasteiger partial charge is 0.459 e. The van der Waals surface area contributed by atoms with Gasteiger partial charge in [-0.25, -0.2) is 0 Å². The van der Waals surface area contributed by atoms with Crippen LogP contribution in [0, 0.1) is 0 Å². The van der Waals surface area contributed by atoms with E-state index in [0.717, 1.165) is 6.54 Å². The Morgan fingerprint density at radius 2 is 2.07 bits per heavy atom. The Morgan fingerprint density at radius 1 is 1.47 bits per heavy atom. The summed E-state index contributed by atoms with van der Waals surface area (Å²) in [5, 5.41) is 0. The van der Waals surface area contributed by atoms with E-state index >= 15 is 0 Å². The lowest BCUT2D eigenvalue weighted by Gasteiger charge is -2.29. The Labute approximate surface area is 92.8 Å². The molecule has 0 saturated carbocycles. The van der Waals surface area contributed by atoms with Crippen molar-refractivity contribution in [2.75, 3.05) is 6.54 Å². The van der Waals surface area contributed by atoms with Crippen LogP contribution in [0.5, 0.6) is 0 Å². The van der Waals surface area contributed by atoms with Gasteiger partial charge < -0.3 is 4.74 Å². The number of likely N-dealkylation sites (tertiary alicyclic amines) is 1. The normalized spacial score (nSPS) is 25.3. The van der Waals surface area contributed by atoms with Gasteiger partial charge in [0.2, 0.25) is 0 Å². The zero-order chi connectivity index (χ0) is 11.6. The van der Waals surface area contributed by atoms with Crippen LogP contribution in [0.15, 0.2) is 0 Å². The van der Waals surface area contributed by atoms with Gasteiger partial charge in [-0.15, -0.1) is 0 Å². The lowest BCUT2D eigenvalue weighted by atomic mass is 10.2. The van der Waals surface area contributed by atoms with E-state index < -0.39 is 0 Å². The first-order chi connectivity index (χ1) is 6.81. The molecule has 0 aromatic heterocycles. The minimum Gasteiger partial charge on any atom is -0.459 e. The van der Waals surface area contributed by atoms with Gasteiger partial charge in [-0.05, 0) is 54.0 Å². The molecule has 15 heavy (non-hydrogen) atoms. The summed E-state index contributed by atoms with van der Waals surface area (Å²) in [5.41, 5.74) is -0.381. The van der Waals surface area contributed by atoms with Crippen molar-refractivity contribution in [3.8, 4) is 0 Å². The standard InChI is InChI=1S/C12H23NO2/c1-9-7-6-8-13(9)10(2)11(14)15-12(3,4)5/h9-10H,6-8H2,1-5H3/t9-,10-/m0/s1. The van der Waals surface area contributed by atoms with E-state index in [9.17, 15) is 4.79 Å². The zero-order valence-corrected chi connectivity index (χ0v) is 10.5. The van der Waals surface area contributed by atoms with E-state index in [1.807, 2.05) is 27.7 Å². The summed E-state index contributed by atoms with van der Waals surface area (Å²) in [6.07, 6.45) is 2.38. The summed E-state index contributed by atoms with van der Waals surface area (Å²) in [7, 11) is 0. The molecular formula is C12H23NO2. The van der Waals surface area contributed by atoms with Crippen LogP contribution in [0.4, 0.5) is 0 Å². The van der Waals surface area contributed by atoms with Gasteiger partial charge in [0.1, 0.15) is 11.6 Å². The molecular weight excluding hydrogens is 190 g/mol. The van der Waals surface area contributed by atoms with Gasteiger partial charge in [0.05, 0.1) is 0 Å². The summed E-state index contributed by atoms with van der Waals surface area (Å²) in [5.74, 6) is -0.101. The van der Waals surface area contributed by atoms with Crippen LogP contribution >= 0.6 is 0 Å². The molecule has 1 heterocycles. The molecule has 0 radical (unpaired) electrons. The average molecular weight is 213 g/mol. The number of hydrogen-bond acceptors (Lipinski definition) is 3. The molecule has 1 rings (SSSR count). The number of hydrogen-bond donors (Lipinski definition) is 0. The maximum atomic E-state index is 11.8. The van der Waals surface area contributed by atoms with Crippen molar-refractivity contribution >= 4 is 5.97 Å². The summed E-state index contributed by atoms with van der Waals surface area (Å²) < 4.78 is 5.38. The molecule has 0 N–H and O–H groups in total. The van der Waals surface area contributed by atoms with Crippen LogP contribution in [0.3, 0.4) is 0 Å². The molecule has 1 aliphatic heterocycles. The third-order valence-corrected chi connectivity index (χ3v) is 2.85. The second-order valence-corrected chi connectivity index (χ2v) is 5.44. The second-order valence-electron chi connectivity index (χ2n) is 5.44. The summed E-state index contributed by atoms with van der Waals surface area (Å²) in [6, 6.07) is 0.397. The Kier molecular flexibility index (Phi) is 3.77. The SMILES string of the molecule is C[C@H]1CCCN1[C@@H](C)C(=O)OC(C)(C)C. The highest BCUT2D eigenvalue weighted by atomic mass is 16.6. The summed E-state index contributed by atoms with van der Waals surface area (Å²) in [6.45, 7) is 10.9. The molecule has 1 fully saturated rings. The molecule has 0 aromatic rings. The van der Waals surface area contributed by atoms with Crippen LogP contribution in [0.2, 0.25) is 0 Å². The van der Waals surface area contributed by atoms with Crippen molar-refractivity contribution in [2.24, 2.45) is 0 Å². The number of nitrogens with zero attached hydrogens (tertiary/aromatic N) is 1. The van der Waals surface area contributed by atoms with Crippen LogP contribution < -0.4 is 0 Å². The molecule has 0 aromatic carbocycles. The lowest BCUT2D eigenvalue weighted by molar-refractivity contribution is -0.161. The maximum absolute atomic E-state index is 11.8. The van der Waals surface area contributed by atoms with Gasteiger partial charge in [0, 0.05) is 6.04 Å². The molecule has 0 unspecified atom stereocenters. The van der Waals surface area contributed by atoms with E-state index in [0.29, 0.717) is 6.04 Å². The fraction of sp³-hybridized carbons (Fsp3) is 0.917.